The number of hydrogen-bond donors (Lipinski definition) is 1. The third kappa shape index (κ3) is 1.45. The van der Waals surface area contributed by atoms with Gasteiger partial charge in [-0.3, -0.25) is 10.1 Å². The molecule has 4 heteroatoms. The van der Waals surface area contributed by atoms with E-state index in [1.807, 2.05) is 43.3 Å². The molecule has 86 valence electrons. The van der Waals surface area contributed by atoms with Gasteiger partial charge < -0.3 is 4.90 Å². The number of rotatable bonds is 1. The van der Waals surface area contributed by atoms with E-state index in [0.717, 1.165) is 23.5 Å². The third-order valence-electron chi connectivity index (χ3n) is 3.15. The first kappa shape index (κ1) is 10.1. The lowest BCUT2D eigenvalue weighted by Gasteiger charge is -2.16. The highest BCUT2D eigenvalue weighted by molar-refractivity contribution is 6.11. The van der Waals surface area contributed by atoms with Crippen molar-refractivity contribution in [2.75, 3.05) is 4.90 Å². The van der Waals surface area contributed by atoms with E-state index >= 15 is 0 Å². The SMILES string of the molecule is Cc1nn(C)cc1N1Cc2ccccc2C1=N. The molecule has 1 aromatic carbocycles. The number of aromatic nitrogens is 2. The predicted octanol–water partition coefficient (Wildman–Crippen LogP) is 2.07. The Morgan fingerprint density at radius 3 is 2.71 bits per heavy atom. The van der Waals surface area contributed by atoms with Crippen LogP contribution in [0.25, 0.3) is 0 Å². The molecule has 0 bridgehead atoms. The van der Waals surface area contributed by atoms with Crippen LogP contribution in [0.5, 0.6) is 0 Å². The Morgan fingerprint density at radius 1 is 1.29 bits per heavy atom. The van der Waals surface area contributed by atoms with Crippen LogP contribution >= 0.6 is 0 Å². The van der Waals surface area contributed by atoms with Gasteiger partial charge in [-0.25, -0.2) is 0 Å². The number of fused-ring (bicyclic) bond motifs is 1. The number of amidine groups is 1. The summed E-state index contributed by atoms with van der Waals surface area (Å²) in [4.78, 5) is 2.01. The van der Waals surface area contributed by atoms with Crippen LogP contribution in [0.3, 0.4) is 0 Å². The smallest absolute Gasteiger partial charge is 0.133 e. The number of anilines is 1. The maximum absolute atomic E-state index is 8.22. The lowest BCUT2D eigenvalue weighted by atomic mass is 10.1. The molecule has 17 heavy (non-hydrogen) atoms. The lowest BCUT2D eigenvalue weighted by molar-refractivity contribution is 0.756. The van der Waals surface area contributed by atoms with E-state index in [0.29, 0.717) is 5.84 Å². The second kappa shape index (κ2) is 3.45. The first-order valence-corrected chi connectivity index (χ1v) is 5.61. The van der Waals surface area contributed by atoms with Crippen LogP contribution in [-0.2, 0) is 13.6 Å². The molecule has 0 spiro atoms. The van der Waals surface area contributed by atoms with Crippen molar-refractivity contribution in [1.82, 2.24) is 9.78 Å². The molecule has 1 N–H and O–H groups in total. The van der Waals surface area contributed by atoms with E-state index in [9.17, 15) is 0 Å². The van der Waals surface area contributed by atoms with Gasteiger partial charge in [-0.05, 0) is 12.5 Å². The molecule has 0 amide bonds. The number of aryl methyl sites for hydroxylation is 2. The zero-order chi connectivity index (χ0) is 12.0. The van der Waals surface area contributed by atoms with Gasteiger partial charge in [-0.1, -0.05) is 24.3 Å². The number of hydrogen-bond acceptors (Lipinski definition) is 2. The van der Waals surface area contributed by atoms with Gasteiger partial charge in [0.1, 0.15) is 5.84 Å². The summed E-state index contributed by atoms with van der Waals surface area (Å²) in [5, 5.41) is 12.6. The van der Waals surface area contributed by atoms with Crippen molar-refractivity contribution in [3.63, 3.8) is 0 Å². The molecule has 1 aliphatic rings. The van der Waals surface area contributed by atoms with Crippen LogP contribution in [0.15, 0.2) is 30.5 Å². The van der Waals surface area contributed by atoms with Crippen molar-refractivity contribution in [3.8, 4) is 0 Å². The molecule has 0 fully saturated rings. The van der Waals surface area contributed by atoms with Crippen molar-refractivity contribution < 1.29 is 0 Å². The number of nitrogens with one attached hydrogen (secondary N) is 1. The molecule has 1 aromatic heterocycles. The summed E-state index contributed by atoms with van der Waals surface area (Å²) in [5.74, 6) is 0.566. The molecule has 0 radical (unpaired) electrons. The highest BCUT2D eigenvalue weighted by atomic mass is 15.3. The van der Waals surface area contributed by atoms with Crippen LogP contribution in [0.1, 0.15) is 16.8 Å². The maximum Gasteiger partial charge on any atom is 0.133 e. The van der Waals surface area contributed by atoms with Crippen LogP contribution in [0.2, 0.25) is 0 Å². The molecular formula is C13H14N4. The topological polar surface area (TPSA) is 44.9 Å². The van der Waals surface area contributed by atoms with E-state index in [-0.39, 0.29) is 0 Å². The summed E-state index contributed by atoms with van der Waals surface area (Å²) < 4.78 is 1.79. The van der Waals surface area contributed by atoms with E-state index in [1.165, 1.54) is 5.56 Å². The fourth-order valence-electron chi connectivity index (χ4n) is 2.34. The maximum atomic E-state index is 8.22. The average Bonchev–Trinajstić information content (AvgIpc) is 2.80. The first-order chi connectivity index (χ1) is 8.16. The molecule has 0 unspecified atom stereocenters. The number of benzene rings is 1. The van der Waals surface area contributed by atoms with Crippen LogP contribution < -0.4 is 4.90 Å². The molecule has 0 saturated carbocycles. The normalized spacial score (nSPS) is 14.2. The summed E-state index contributed by atoms with van der Waals surface area (Å²) in [6, 6.07) is 8.08. The molecule has 0 atom stereocenters. The van der Waals surface area contributed by atoms with Crippen molar-refractivity contribution in [3.05, 3.63) is 47.3 Å². The van der Waals surface area contributed by atoms with Gasteiger partial charge in [0.25, 0.3) is 0 Å². The fraction of sp³-hybridized carbons (Fsp3) is 0.231. The van der Waals surface area contributed by atoms with E-state index in [1.54, 1.807) is 4.68 Å². The van der Waals surface area contributed by atoms with Gasteiger partial charge in [0.05, 0.1) is 17.9 Å². The van der Waals surface area contributed by atoms with Gasteiger partial charge in [-0.2, -0.15) is 5.10 Å². The largest absolute Gasteiger partial charge is 0.319 e. The zero-order valence-corrected chi connectivity index (χ0v) is 9.94. The molecule has 0 aliphatic carbocycles. The minimum absolute atomic E-state index is 0.566. The highest BCUT2D eigenvalue weighted by Gasteiger charge is 2.26. The van der Waals surface area contributed by atoms with E-state index in [4.69, 9.17) is 5.41 Å². The summed E-state index contributed by atoms with van der Waals surface area (Å²) in [6.45, 7) is 2.74. The van der Waals surface area contributed by atoms with E-state index in [2.05, 4.69) is 11.2 Å². The van der Waals surface area contributed by atoms with Crippen molar-refractivity contribution in [2.24, 2.45) is 7.05 Å². The summed E-state index contributed by atoms with van der Waals surface area (Å²) in [7, 11) is 1.91. The van der Waals surface area contributed by atoms with Crippen LogP contribution in [0, 0.1) is 12.3 Å². The zero-order valence-electron chi connectivity index (χ0n) is 9.94. The van der Waals surface area contributed by atoms with E-state index < -0.39 is 0 Å². The van der Waals surface area contributed by atoms with Crippen molar-refractivity contribution >= 4 is 11.5 Å². The fourth-order valence-corrected chi connectivity index (χ4v) is 2.34. The molecular weight excluding hydrogens is 212 g/mol. The lowest BCUT2D eigenvalue weighted by Crippen LogP contribution is -2.23. The summed E-state index contributed by atoms with van der Waals surface area (Å²) in [5.41, 5.74) is 4.22. The minimum Gasteiger partial charge on any atom is -0.319 e. The second-order valence-corrected chi connectivity index (χ2v) is 4.37. The Balaban J connectivity index is 2.05. The average molecular weight is 226 g/mol. The summed E-state index contributed by atoms with van der Waals surface area (Å²) in [6.07, 6.45) is 1.97. The van der Waals surface area contributed by atoms with Crippen LogP contribution in [0.4, 0.5) is 5.69 Å². The van der Waals surface area contributed by atoms with Gasteiger partial charge >= 0.3 is 0 Å². The van der Waals surface area contributed by atoms with Gasteiger partial charge in [0.15, 0.2) is 0 Å². The molecule has 1 aliphatic heterocycles. The third-order valence-corrected chi connectivity index (χ3v) is 3.15. The first-order valence-electron chi connectivity index (χ1n) is 5.61. The van der Waals surface area contributed by atoms with Gasteiger partial charge in [0, 0.05) is 18.8 Å². The highest BCUT2D eigenvalue weighted by Crippen LogP contribution is 2.29. The van der Waals surface area contributed by atoms with Gasteiger partial charge in [0.2, 0.25) is 0 Å². The van der Waals surface area contributed by atoms with Crippen molar-refractivity contribution in [2.45, 2.75) is 13.5 Å². The monoisotopic (exact) mass is 226 g/mol. The Labute approximate surface area is 100.0 Å². The predicted molar refractivity (Wildman–Crippen MR) is 67.4 cm³/mol. The Morgan fingerprint density at radius 2 is 2.06 bits per heavy atom. The molecule has 3 rings (SSSR count). The quantitative estimate of drug-likeness (QED) is 0.809. The standard InChI is InChI=1S/C13H14N4/c1-9-12(8-16(2)15-9)17-7-10-5-3-4-6-11(10)13(17)14/h3-6,8,14H,7H2,1-2H3. The molecule has 2 heterocycles. The Bertz CT molecular complexity index is 597. The van der Waals surface area contributed by atoms with Crippen LogP contribution in [-0.4, -0.2) is 15.6 Å². The molecule has 2 aromatic rings. The number of nitrogens with zero attached hydrogens (tertiary/aromatic N) is 3. The molecule has 0 saturated heterocycles. The van der Waals surface area contributed by atoms with Crippen molar-refractivity contribution in [1.29, 1.82) is 5.41 Å². The Hall–Kier alpha value is -2.10. The summed E-state index contributed by atoms with van der Waals surface area (Å²) >= 11 is 0. The molecule has 4 nitrogen and oxygen atoms in total. The Kier molecular flexibility index (Phi) is 2.04. The second-order valence-electron chi connectivity index (χ2n) is 4.37. The van der Waals surface area contributed by atoms with Gasteiger partial charge in [-0.15, -0.1) is 0 Å². The minimum atomic E-state index is 0.566.